The third kappa shape index (κ3) is 4.84. The van der Waals surface area contributed by atoms with Crippen LogP contribution in [0.3, 0.4) is 0 Å². The minimum absolute atomic E-state index is 0.105. The summed E-state index contributed by atoms with van der Waals surface area (Å²) < 4.78 is 67.5. The zero-order chi connectivity index (χ0) is 22.2. The van der Waals surface area contributed by atoms with Crippen molar-refractivity contribution < 1.29 is 26.7 Å². The monoisotopic (exact) mass is 497 g/mol. The number of alkyl halides is 5. The second-order valence-electron chi connectivity index (χ2n) is 7.30. The van der Waals surface area contributed by atoms with E-state index in [1.807, 2.05) is 0 Å². The third-order valence-corrected chi connectivity index (χ3v) is 5.98. The Bertz CT molecular complexity index is 919. The average Bonchev–Trinajstić information content (AvgIpc) is 3.34. The van der Waals surface area contributed by atoms with Gasteiger partial charge in [-0.15, -0.1) is 0 Å². The van der Waals surface area contributed by atoms with Crippen LogP contribution in [-0.2, 0) is 17.5 Å². The van der Waals surface area contributed by atoms with Crippen LogP contribution in [0.5, 0.6) is 0 Å². The van der Waals surface area contributed by atoms with E-state index in [2.05, 4.69) is 31.4 Å². The van der Waals surface area contributed by atoms with Crippen LogP contribution in [0.15, 0.2) is 10.5 Å². The van der Waals surface area contributed by atoms with Crippen molar-refractivity contribution in [2.24, 2.45) is 0 Å². The first-order chi connectivity index (χ1) is 14.0. The molecule has 2 aromatic rings. The van der Waals surface area contributed by atoms with Crippen molar-refractivity contribution in [2.75, 3.05) is 6.54 Å². The number of carbonyl (C=O) groups excluding carboxylic acids is 1. The van der Waals surface area contributed by atoms with E-state index in [0.717, 1.165) is 18.9 Å². The second-order valence-corrected chi connectivity index (χ2v) is 8.09. The fourth-order valence-electron chi connectivity index (χ4n) is 3.19. The lowest BCUT2D eigenvalue weighted by Gasteiger charge is -2.15. The number of hydrogen-bond donors (Lipinski definition) is 1. The van der Waals surface area contributed by atoms with Crippen LogP contribution in [0, 0.1) is 6.92 Å². The lowest BCUT2D eigenvalue weighted by Crippen LogP contribution is -2.33. The predicted octanol–water partition coefficient (Wildman–Crippen LogP) is 4.75. The molecule has 12 heteroatoms. The number of rotatable bonds is 8. The van der Waals surface area contributed by atoms with Crippen LogP contribution in [0.4, 0.5) is 22.0 Å². The topological polar surface area (TPSA) is 64.7 Å². The van der Waals surface area contributed by atoms with Gasteiger partial charge in [-0.1, -0.05) is 0 Å². The highest BCUT2D eigenvalue weighted by atomic mass is 79.9. The van der Waals surface area contributed by atoms with Gasteiger partial charge in [-0.05, 0) is 55.1 Å². The van der Waals surface area contributed by atoms with Gasteiger partial charge < -0.3 is 5.32 Å². The summed E-state index contributed by atoms with van der Waals surface area (Å²) in [6.07, 6.45) is -5.20. The molecule has 1 atom stereocenters. The van der Waals surface area contributed by atoms with Crippen LogP contribution >= 0.6 is 15.9 Å². The van der Waals surface area contributed by atoms with Crippen LogP contribution in [0.2, 0.25) is 0 Å². The molecule has 1 N–H and O–H groups in total. The van der Waals surface area contributed by atoms with Gasteiger partial charge in [0.15, 0.2) is 5.69 Å². The molecule has 1 fully saturated rings. The number of amides is 1. The SMILES string of the molecule is Cc1c(Br)c(C(F)F)nn1[C@@H](C)C(=O)NCCCn1nc(C(F)(F)F)cc1C1CC1. The van der Waals surface area contributed by atoms with E-state index >= 15 is 0 Å². The number of hydrogen-bond acceptors (Lipinski definition) is 3. The molecule has 1 saturated carbocycles. The molecule has 30 heavy (non-hydrogen) atoms. The first-order valence-electron chi connectivity index (χ1n) is 9.46. The summed E-state index contributed by atoms with van der Waals surface area (Å²) >= 11 is 3.06. The minimum Gasteiger partial charge on any atom is -0.354 e. The lowest BCUT2D eigenvalue weighted by atomic mass is 10.2. The van der Waals surface area contributed by atoms with Gasteiger partial charge in [0.25, 0.3) is 6.43 Å². The quantitative estimate of drug-likeness (QED) is 0.422. The highest BCUT2D eigenvalue weighted by Gasteiger charge is 2.37. The van der Waals surface area contributed by atoms with Crippen LogP contribution in [-0.4, -0.2) is 32.0 Å². The molecule has 0 spiro atoms. The van der Waals surface area contributed by atoms with Gasteiger partial charge in [-0.2, -0.15) is 23.4 Å². The molecular weight excluding hydrogens is 477 g/mol. The van der Waals surface area contributed by atoms with Gasteiger partial charge in [-0.25, -0.2) is 8.78 Å². The molecule has 0 saturated heterocycles. The minimum atomic E-state index is -4.49. The van der Waals surface area contributed by atoms with E-state index in [1.165, 1.54) is 16.3 Å². The Balaban J connectivity index is 1.57. The molecule has 0 radical (unpaired) electrons. The molecule has 0 bridgehead atoms. The normalized spacial score (nSPS) is 15.6. The molecule has 166 valence electrons. The summed E-state index contributed by atoms with van der Waals surface area (Å²) in [5.41, 5.74) is -0.368. The van der Waals surface area contributed by atoms with Gasteiger partial charge in [0.1, 0.15) is 11.7 Å². The fraction of sp³-hybridized carbons (Fsp3) is 0.611. The lowest BCUT2D eigenvalue weighted by molar-refractivity contribution is -0.141. The molecule has 2 aromatic heterocycles. The number of halogens is 6. The van der Waals surface area contributed by atoms with Gasteiger partial charge in [0, 0.05) is 24.7 Å². The summed E-state index contributed by atoms with van der Waals surface area (Å²) in [6, 6.07) is 0.273. The van der Waals surface area contributed by atoms with Crippen molar-refractivity contribution in [3.8, 4) is 0 Å². The Morgan fingerprint density at radius 2 is 2.00 bits per heavy atom. The maximum absolute atomic E-state index is 13.0. The Morgan fingerprint density at radius 3 is 2.53 bits per heavy atom. The largest absolute Gasteiger partial charge is 0.435 e. The van der Waals surface area contributed by atoms with Crippen molar-refractivity contribution in [1.82, 2.24) is 24.9 Å². The molecular formula is C18H21BrF5N5O. The van der Waals surface area contributed by atoms with Crippen molar-refractivity contribution in [3.05, 3.63) is 33.3 Å². The van der Waals surface area contributed by atoms with Crippen molar-refractivity contribution in [3.63, 3.8) is 0 Å². The fourth-order valence-corrected chi connectivity index (χ4v) is 3.63. The number of nitrogens with zero attached hydrogens (tertiary/aromatic N) is 4. The molecule has 1 amide bonds. The van der Waals surface area contributed by atoms with Gasteiger partial charge in [0.05, 0.1) is 10.2 Å². The van der Waals surface area contributed by atoms with E-state index in [-0.39, 0.29) is 23.5 Å². The number of nitrogens with one attached hydrogen (secondary N) is 1. The highest BCUT2D eigenvalue weighted by molar-refractivity contribution is 9.10. The maximum atomic E-state index is 13.0. The van der Waals surface area contributed by atoms with E-state index in [1.54, 1.807) is 6.92 Å². The molecule has 2 heterocycles. The maximum Gasteiger partial charge on any atom is 0.435 e. The van der Waals surface area contributed by atoms with Crippen molar-refractivity contribution >= 4 is 21.8 Å². The highest BCUT2D eigenvalue weighted by Crippen LogP contribution is 2.42. The average molecular weight is 498 g/mol. The first-order valence-corrected chi connectivity index (χ1v) is 10.2. The molecule has 0 unspecified atom stereocenters. The molecule has 6 nitrogen and oxygen atoms in total. The third-order valence-electron chi connectivity index (χ3n) is 5.00. The molecule has 0 aliphatic heterocycles. The number of aryl methyl sites for hydroxylation is 1. The van der Waals surface area contributed by atoms with Gasteiger partial charge >= 0.3 is 6.18 Å². The zero-order valence-electron chi connectivity index (χ0n) is 16.3. The summed E-state index contributed by atoms with van der Waals surface area (Å²) in [5.74, 6) is -0.318. The Labute approximate surface area is 177 Å². The van der Waals surface area contributed by atoms with Crippen LogP contribution < -0.4 is 5.32 Å². The van der Waals surface area contributed by atoms with E-state index in [4.69, 9.17) is 0 Å². The molecule has 3 rings (SSSR count). The van der Waals surface area contributed by atoms with Crippen LogP contribution in [0.25, 0.3) is 0 Å². The Hall–Kier alpha value is -1.98. The Morgan fingerprint density at radius 1 is 1.33 bits per heavy atom. The van der Waals surface area contributed by atoms with Crippen molar-refractivity contribution in [1.29, 1.82) is 0 Å². The van der Waals surface area contributed by atoms with Crippen LogP contribution in [0.1, 0.15) is 67.3 Å². The first kappa shape index (κ1) is 22.7. The van der Waals surface area contributed by atoms with Gasteiger partial charge in [0.2, 0.25) is 5.91 Å². The standard InChI is InChI=1S/C18H21BrF5N5O/c1-9-14(19)15(16(20)21)27-29(9)10(2)17(30)25-6-3-7-28-12(11-4-5-11)8-13(26-28)18(22,23)24/h8,10-11,16H,3-7H2,1-2H3,(H,25,30)/t10-/m0/s1. The van der Waals surface area contributed by atoms with E-state index in [0.29, 0.717) is 17.8 Å². The molecule has 0 aromatic carbocycles. The smallest absolute Gasteiger partial charge is 0.354 e. The predicted molar refractivity (Wildman–Crippen MR) is 101 cm³/mol. The summed E-state index contributed by atoms with van der Waals surface area (Å²) in [6.45, 7) is 3.55. The second kappa shape index (κ2) is 8.64. The molecule has 1 aliphatic carbocycles. The van der Waals surface area contributed by atoms with E-state index in [9.17, 15) is 26.7 Å². The van der Waals surface area contributed by atoms with Gasteiger partial charge in [-0.3, -0.25) is 14.2 Å². The Kier molecular flexibility index (Phi) is 6.54. The number of aromatic nitrogens is 4. The number of carbonyl (C=O) groups is 1. The zero-order valence-corrected chi connectivity index (χ0v) is 17.9. The summed E-state index contributed by atoms with van der Waals surface area (Å²) in [4.78, 5) is 12.4. The summed E-state index contributed by atoms with van der Waals surface area (Å²) in [5, 5.41) is 10.2. The summed E-state index contributed by atoms with van der Waals surface area (Å²) in [7, 11) is 0. The van der Waals surface area contributed by atoms with E-state index < -0.39 is 35.9 Å². The molecule has 1 aliphatic rings. The van der Waals surface area contributed by atoms with Crippen molar-refractivity contribution in [2.45, 2.75) is 64.2 Å².